The molecule has 1 aromatic rings. The van der Waals surface area contributed by atoms with Crippen molar-refractivity contribution in [3.05, 3.63) is 48.0 Å². The molecular formula is C43H56O16. The summed E-state index contributed by atoms with van der Waals surface area (Å²) in [4.78, 5) is 109. The predicted molar refractivity (Wildman–Crippen MR) is 205 cm³/mol. The van der Waals surface area contributed by atoms with Gasteiger partial charge in [-0.05, 0) is 25.0 Å². The maximum atomic E-state index is 15.3. The van der Waals surface area contributed by atoms with E-state index >= 15 is 4.79 Å². The summed E-state index contributed by atoms with van der Waals surface area (Å²) in [6.07, 6.45) is -6.93. The van der Waals surface area contributed by atoms with Gasteiger partial charge in [-0.3, -0.25) is 33.6 Å². The molecule has 16 heteroatoms. The van der Waals surface area contributed by atoms with E-state index in [2.05, 4.69) is 0 Å². The summed E-state index contributed by atoms with van der Waals surface area (Å²) in [6, 6.07) is 7.75. The van der Waals surface area contributed by atoms with Crippen molar-refractivity contribution in [3.63, 3.8) is 0 Å². The van der Waals surface area contributed by atoms with Crippen LogP contribution < -0.4 is 0 Å². The molecule has 1 saturated heterocycles. The Hall–Kier alpha value is -5.12. The first kappa shape index (κ1) is 46.6. The molecule has 16 nitrogen and oxygen atoms in total. The van der Waals surface area contributed by atoms with Crippen molar-refractivity contribution >= 4 is 47.6 Å². The van der Waals surface area contributed by atoms with Crippen molar-refractivity contribution in [2.45, 2.75) is 143 Å². The Labute approximate surface area is 343 Å². The van der Waals surface area contributed by atoms with Gasteiger partial charge in [-0.1, -0.05) is 65.0 Å². The molecule has 0 amide bonds. The van der Waals surface area contributed by atoms with Gasteiger partial charge in [0.25, 0.3) is 0 Å². The van der Waals surface area contributed by atoms with Crippen LogP contribution in [0.5, 0.6) is 0 Å². The lowest BCUT2D eigenvalue weighted by Crippen LogP contribution is -2.72. The number of carbonyl (C=O) groups is 8. The van der Waals surface area contributed by atoms with Gasteiger partial charge in [0.2, 0.25) is 0 Å². The molecule has 1 aliphatic heterocycles. The van der Waals surface area contributed by atoms with Crippen molar-refractivity contribution in [1.82, 2.24) is 0 Å². The average Bonchev–Trinajstić information content (AvgIpc) is 3.34. The van der Waals surface area contributed by atoms with Crippen molar-refractivity contribution in [1.29, 1.82) is 0 Å². The zero-order valence-electron chi connectivity index (χ0n) is 35.5. The Morgan fingerprint density at radius 3 is 1.88 bits per heavy atom. The molecular weight excluding hydrogens is 772 g/mol. The first-order chi connectivity index (χ1) is 27.4. The zero-order chi connectivity index (χ0) is 44.2. The van der Waals surface area contributed by atoms with Crippen LogP contribution in [0.25, 0.3) is 0 Å². The summed E-state index contributed by atoms with van der Waals surface area (Å²) in [7, 11) is 0. The van der Waals surface area contributed by atoms with Crippen molar-refractivity contribution in [3.8, 4) is 0 Å². The van der Waals surface area contributed by atoms with Crippen LogP contribution in [0.2, 0.25) is 0 Å². The van der Waals surface area contributed by atoms with Crippen molar-refractivity contribution in [2.24, 2.45) is 23.2 Å². The van der Waals surface area contributed by atoms with Gasteiger partial charge < -0.3 is 37.9 Å². The van der Waals surface area contributed by atoms with E-state index in [1.165, 1.54) is 32.1 Å². The Balaban J connectivity index is 2.31. The van der Waals surface area contributed by atoms with Crippen LogP contribution in [0, 0.1) is 23.2 Å². The third-order valence-electron chi connectivity index (χ3n) is 10.8. The molecule has 3 aliphatic rings. The van der Waals surface area contributed by atoms with E-state index in [0.29, 0.717) is 0 Å². The largest absolute Gasteiger partial charge is 0.458 e. The summed E-state index contributed by atoms with van der Waals surface area (Å²) >= 11 is 0. The fourth-order valence-corrected chi connectivity index (χ4v) is 8.69. The van der Waals surface area contributed by atoms with Crippen molar-refractivity contribution in [2.75, 3.05) is 6.61 Å². The number of esters is 7. The van der Waals surface area contributed by atoms with E-state index in [9.17, 15) is 33.6 Å². The smallest absolute Gasteiger partial charge is 0.338 e. The molecule has 0 N–H and O–H groups in total. The first-order valence-corrected chi connectivity index (χ1v) is 19.6. The minimum Gasteiger partial charge on any atom is -0.458 e. The van der Waals surface area contributed by atoms with Gasteiger partial charge >= 0.3 is 41.8 Å². The monoisotopic (exact) mass is 828 g/mol. The number of allylic oxidation sites excluding steroid dienone is 1. The highest BCUT2D eigenvalue weighted by Gasteiger charge is 2.76. The van der Waals surface area contributed by atoms with Gasteiger partial charge in [0, 0.05) is 71.8 Å². The van der Waals surface area contributed by atoms with E-state index in [0.717, 1.165) is 34.6 Å². The molecule has 10 unspecified atom stereocenters. The third kappa shape index (κ3) is 10.0. The molecule has 324 valence electrons. The maximum Gasteiger partial charge on any atom is 0.338 e. The first-order valence-electron chi connectivity index (χ1n) is 19.6. The molecule has 0 radical (unpaired) electrons. The Bertz CT molecular complexity index is 1830. The number of carbonyl (C=O) groups excluding carboxylic acids is 8. The SMILES string of the molecule is CC(=O)OC1C(OC(C)=O)C(C)(C)/C=C\C(C)C(=O)C2(OC(C)=O)CC(C)(OC(C)=O)C(OC(C)=O)C2C2OC(=O)CCC2(OC(=O)c2ccccc2)C1OCC(C)C. The summed E-state index contributed by atoms with van der Waals surface area (Å²) < 4.78 is 49.6. The van der Waals surface area contributed by atoms with E-state index in [1.807, 2.05) is 13.8 Å². The normalized spacial score (nSPS) is 33.3. The third-order valence-corrected chi connectivity index (χ3v) is 10.8. The zero-order valence-corrected chi connectivity index (χ0v) is 35.5. The van der Waals surface area contributed by atoms with Crippen LogP contribution in [0.15, 0.2) is 42.5 Å². The molecule has 59 heavy (non-hydrogen) atoms. The number of fused-ring (bicyclic) bond motifs is 3. The number of rotatable bonds is 10. The van der Waals surface area contributed by atoms with Crippen molar-refractivity contribution < 1.29 is 76.3 Å². The van der Waals surface area contributed by atoms with Crippen LogP contribution in [0.4, 0.5) is 0 Å². The molecule has 1 saturated carbocycles. The second-order valence-corrected chi connectivity index (χ2v) is 16.8. The van der Waals surface area contributed by atoms with Gasteiger partial charge in [-0.25, -0.2) is 4.79 Å². The number of hydrogen-bond acceptors (Lipinski definition) is 16. The van der Waals surface area contributed by atoms with Gasteiger partial charge in [0.15, 0.2) is 40.9 Å². The Kier molecular flexibility index (Phi) is 14.2. The fourth-order valence-electron chi connectivity index (χ4n) is 8.69. The van der Waals surface area contributed by atoms with E-state index < -0.39 is 131 Å². The van der Waals surface area contributed by atoms with Crippen LogP contribution in [0.3, 0.4) is 0 Å². The Morgan fingerprint density at radius 2 is 1.34 bits per heavy atom. The van der Waals surface area contributed by atoms with Crippen LogP contribution in [0.1, 0.15) is 106 Å². The minimum absolute atomic E-state index is 0.0266. The number of benzene rings is 1. The molecule has 2 aliphatic carbocycles. The summed E-state index contributed by atoms with van der Waals surface area (Å²) in [6.45, 7) is 15.2. The molecule has 10 atom stereocenters. The van der Waals surface area contributed by atoms with Crippen LogP contribution >= 0.6 is 0 Å². The quantitative estimate of drug-likeness (QED) is 0.180. The van der Waals surface area contributed by atoms with E-state index in [-0.39, 0.29) is 18.1 Å². The lowest BCUT2D eigenvalue weighted by molar-refractivity contribution is -0.269. The van der Waals surface area contributed by atoms with Gasteiger partial charge in [-0.2, -0.15) is 0 Å². The minimum atomic E-state index is -2.44. The summed E-state index contributed by atoms with van der Waals surface area (Å²) in [5, 5.41) is 0. The van der Waals surface area contributed by atoms with E-state index in [4.69, 9.17) is 37.9 Å². The second-order valence-electron chi connectivity index (χ2n) is 16.8. The molecule has 0 spiro atoms. The van der Waals surface area contributed by atoms with Gasteiger partial charge in [0.05, 0.1) is 11.5 Å². The molecule has 2 fully saturated rings. The molecule has 0 bridgehead atoms. The molecule has 4 rings (SSSR count). The molecule has 1 heterocycles. The van der Waals surface area contributed by atoms with Gasteiger partial charge in [-0.15, -0.1) is 0 Å². The van der Waals surface area contributed by atoms with Crippen LogP contribution in [-0.2, 0) is 71.5 Å². The average molecular weight is 829 g/mol. The lowest BCUT2D eigenvalue weighted by atomic mass is 9.66. The highest BCUT2D eigenvalue weighted by Crippen LogP contribution is 2.57. The highest BCUT2D eigenvalue weighted by atomic mass is 16.7. The predicted octanol–water partition coefficient (Wildman–Crippen LogP) is 4.57. The maximum absolute atomic E-state index is 15.3. The lowest BCUT2D eigenvalue weighted by Gasteiger charge is -2.54. The summed E-state index contributed by atoms with van der Waals surface area (Å²) in [5.41, 5.74) is -8.03. The number of Topliss-reactive ketones (excluding diaryl/α,β-unsaturated/α-hetero) is 1. The summed E-state index contributed by atoms with van der Waals surface area (Å²) in [5.74, 6) is -10.2. The topological polar surface area (TPSA) is 210 Å². The van der Waals surface area contributed by atoms with Gasteiger partial charge in [0.1, 0.15) is 12.2 Å². The van der Waals surface area contributed by atoms with E-state index in [1.54, 1.807) is 38.1 Å². The highest BCUT2D eigenvalue weighted by molar-refractivity contribution is 5.94. The van der Waals surface area contributed by atoms with Crippen LogP contribution in [-0.4, -0.2) is 101 Å². The second kappa shape index (κ2) is 18.0. The number of hydrogen-bond donors (Lipinski definition) is 0. The molecule has 1 aromatic carbocycles. The fraction of sp³-hybridized carbons (Fsp3) is 0.628. The number of ether oxygens (including phenoxy) is 8. The Morgan fingerprint density at radius 1 is 0.763 bits per heavy atom. The molecule has 0 aromatic heterocycles. The number of ketones is 1. The standard InChI is InChI=1S/C43H56O16/c1-23(2)21-52-38-33(53-25(4)44)37(55-27(6)46)40(9,10)19-17-24(3)34(50)43(58-29(8)48)22-41(11,57-28(7)47)35(54-26(5)45)32(43)36-42(38,20-18-31(49)56-36)59-39(51)30-15-13-12-14-16-30/h12-17,19,23-24,32-33,35-38H,18,20-22H2,1-11H3/b19-17-.